The number of rotatable bonds is 10. The number of methoxy groups -OCH3 is 1. The molecule has 0 aliphatic rings. The predicted molar refractivity (Wildman–Crippen MR) is 163 cm³/mol. The van der Waals surface area contributed by atoms with E-state index in [1.54, 1.807) is 55.6 Å². The molecule has 0 saturated heterocycles. The van der Waals surface area contributed by atoms with Crippen LogP contribution in [-0.2, 0) is 16.1 Å². The number of nitrogens with one attached hydrogen (secondary N) is 2. The third-order valence-corrected chi connectivity index (χ3v) is 6.66. The normalized spacial score (nSPS) is 10.7. The number of hydrogen-bond acceptors (Lipinski definition) is 6. The molecule has 0 bridgehead atoms. The van der Waals surface area contributed by atoms with Gasteiger partial charge in [0.1, 0.15) is 18.2 Å². The Bertz CT molecular complexity index is 1750. The van der Waals surface area contributed by atoms with E-state index in [-0.39, 0.29) is 25.1 Å². The number of carbonyl (C=O) groups is 2. The van der Waals surface area contributed by atoms with Gasteiger partial charge < -0.3 is 25.3 Å². The molecule has 5 aromatic carbocycles. The fourth-order valence-corrected chi connectivity index (χ4v) is 4.59. The lowest BCUT2D eigenvalue weighted by Gasteiger charge is -2.17. The summed E-state index contributed by atoms with van der Waals surface area (Å²) < 4.78 is 16.6. The number of fused-ring (bicyclic) bond motifs is 1. The summed E-state index contributed by atoms with van der Waals surface area (Å²) in [6, 6.07) is 32.3. The predicted octanol–water partition coefficient (Wildman–Crippen LogP) is 6.38. The van der Waals surface area contributed by atoms with Crippen molar-refractivity contribution in [3.8, 4) is 16.9 Å². The number of nitrogens with two attached hydrogens (primary N) is 1. The van der Waals surface area contributed by atoms with Gasteiger partial charge in [-0.3, -0.25) is 10.2 Å². The molecule has 5 rings (SSSR count). The van der Waals surface area contributed by atoms with E-state index < -0.39 is 5.97 Å². The van der Waals surface area contributed by atoms with Crippen LogP contribution in [0.5, 0.6) is 5.75 Å². The lowest BCUT2D eigenvalue weighted by molar-refractivity contribution is 0.0473. The van der Waals surface area contributed by atoms with Crippen molar-refractivity contribution in [2.24, 2.45) is 5.73 Å². The lowest BCUT2D eigenvalue weighted by atomic mass is 9.92. The summed E-state index contributed by atoms with van der Waals surface area (Å²) in [5.41, 5.74) is 9.24. The molecule has 0 heterocycles. The molecule has 8 nitrogen and oxygen atoms in total. The van der Waals surface area contributed by atoms with Gasteiger partial charge in [-0.15, -0.1) is 0 Å². The van der Waals surface area contributed by atoms with E-state index in [2.05, 4.69) is 5.32 Å². The van der Waals surface area contributed by atoms with Gasteiger partial charge in [-0.1, -0.05) is 60.7 Å². The highest BCUT2D eigenvalue weighted by Gasteiger charge is 2.22. The molecular formula is C34H29N3O5. The van der Waals surface area contributed by atoms with E-state index in [0.717, 1.165) is 16.3 Å². The zero-order valence-electron chi connectivity index (χ0n) is 22.9. The van der Waals surface area contributed by atoms with E-state index in [4.69, 9.17) is 25.4 Å². The minimum Gasteiger partial charge on any atom is -0.467 e. The second-order valence-corrected chi connectivity index (χ2v) is 9.48. The molecule has 5 aromatic rings. The van der Waals surface area contributed by atoms with E-state index >= 15 is 0 Å². The van der Waals surface area contributed by atoms with Gasteiger partial charge in [0.15, 0.2) is 6.79 Å². The van der Waals surface area contributed by atoms with Crippen molar-refractivity contribution in [1.29, 1.82) is 5.41 Å². The molecule has 0 saturated carbocycles. The number of esters is 1. The molecule has 0 aliphatic carbocycles. The third-order valence-electron chi connectivity index (χ3n) is 6.66. The fourth-order valence-electron chi connectivity index (χ4n) is 4.59. The van der Waals surface area contributed by atoms with Gasteiger partial charge in [0.2, 0.25) is 0 Å². The van der Waals surface area contributed by atoms with E-state index in [0.29, 0.717) is 39.3 Å². The van der Waals surface area contributed by atoms with Crippen molar-refractivity contribution in [3.05, 3.63) is 131 Å². The average Bonchev–Trinajstić information content (AvgIpc) is 3.02. The molecule has 210 valence electrons. The van der Waals surface area contributed by atoms with Gasteiger partial charge in [-0.05, 0) is 70.6 Å². The van der Waals surface area contributed by atoms with E-state index in [1.807, 2.05) is 60.7 Å². The summed E-state index contributed by atoms with van der Waals surface area (Å²) in [6.07, 6.45) is 0. The molecule has 0 aromatic heterocycles. The van der Waals surface area contributed by atoms with Crippen LogP contribution in [0.3, 0.4) is 0 Å². The van der Waals surface area contributed by atoms with Crippen LogP contribution >= 0.6 is 0 Å². The summed E-state index contributed by atoms with van der Waals surface area (Å²) in [6.45, 7) is 0.156. The molecule has 0 unspecified atom stereocenters. The number of amides is 1. The quantitative estimate of drug-likeness (QED) is 0.0789. The fraction of sp³-hybridized carbons (Fsp3) is 0.0882. The van der Waals surface area contributed by atoms with Crippen molar-refractivity contribution in [2.45, 2.75) is 6.61 Å². The number of amidine groups is 1. The first-order valence-electron chi connectivity index (χ1n) is 13.2. The molecule has 0 spiro atoms. The van der Waals surface area contributed by atoms with Crippen LogP contribution in [0.2, 0.25) is 0 Å². The second kappa shape index (κ2) is 12.8. The maximum atomic E-state index is 13.6. The van der Waals surface area contributed by atoms with Gasteiger partial charge in [0.25, 0.3) is 5.91 Å². The SMILES string of the molecule is COCOc1cccc2cc(C(=O)OCc3ccccc3)c(-c3ccccc3C(=O)Nc3ccc(C(=N)N)cc3)cc12. The van der Waals surface area contributed by atoms with Crippen LogP contribution < -0.4 is 15.8 Å². The van der Waals surface area contributed by atoms with Crippen molar-refractivity contribution in [3.63, 3.8) is 0 Å². The molecule has 8 heteroatoms. The van der Waals surface area contributed by atoms with Crippen LogP contribution in [0.15, 0.2) is 109 Å². The number of hydrogen-bond donors (Lipinski definition) is 3. The Labute approximate surface area is 243 Å². The first kappa shape index (κ1) is 28.1. The molecule has 0 radical (unpaired) electrons. The average molecular weight is 560 g/mol. The molecule has 0 fully saturated rings. The number of ether oxygens (including phenoxy) is 3. The standard InChI is InChI=1S/C34H29N3O5/c1-40-21-42-31-13-7-10-24-18-30(34(39)41-20-22-8-3-2-4-9-22)29(19-28(24)31)26-11-5-6-12-27(26)33(38)37-25-16-14-23(15-17-25)32(35)36/h2-19H,20-21H2,1H3,(H3,35,36)(H,37,38). The number of benzene rings is 5. The zero-order chi connectivity index (χ0) is 29.5. The van der Waals surface area contributed by atoms with Crippen molar-refractivity contribution in [2.75, 3.05) is 19.2 Å². The summed E-state index contributed by atoms with van der Waals surface area (Å²) >= 11 is 0. The first-order valence-corrected chi connectivity index (χ1v) is 13.2. The summed E-state index contributed by atoms with van der Waals surface area (Å²) in [4.78, 5) is 27.1. The Hall–Kier alpha value is -5.47. The number of nitrogen functional groups attached to an aromatic ring is 1. The van der Waals surface area contributed by atoms with Crippen molar-refractivity contribution in [1.82, 2.24) is 0 Å². The molecule has 4 N–H and O–H groups in total. The topological polar surface area (TPSA) is 124 Å². The monoisotopic (exact) mass is 559 g/mol. The Kier molecular flexibility index (Phi) is 8.56. The smallest absolute Gasteiger partial charge is 0.339 e. The second-order valence-electron chi connectivity index (χ2n) is 9.48. The van der Waals surface area contributed by atoms with Crippen LogP contribution in [0.25, 0.3) is 21.9 Å². The lowest BCUT2D eigenvalue weighted by Crippen LogP contribution is -2.15. The minimum absolute atomic E-state index is 0.0523. The maximum absolute atomic E-state index is 13.6. The third kappa shape index (κ3) is 6.29. The van der Waals surface area contributed by atoms with Crippen LogP contribution in [0, 0.1) is 5.41 Å². The van der Waals surface area contributed by atoms with Crippen LogP contribution in [0.1, 0.15) is 31.8 Å². The Balaban J connectivity index is 1.57. The van der Waals surface area contributed by atoms with E-state index in [9.17, 15) is 9.59 Å². The number of carbonyl (C=O) groups excluding carboxylic acids is 2. The Morgan fingerprint density at radius 2 is 1.55 bits per heavy atom. The van der Waals surface area contributed by atoms with Crippen LogP contribution in [0.4, 0.5) is 5.69 Å². The van der Waals surface area contributed by atoms with Crippen LogP contribution in [-0.4, -0.2) is 31.6 Å². The summed E-state index contributed by atoms with van der Waals surface area (Å²) in [5.74, 6) is -0.370. The molecule has 0 aliphatic heterocycles. The minimum atomic E-state index is -0.519. The largest absolute Gasteiger partial charge is 0.467 e. The highest BCUT2D eigenvalue weighted by Crippen LogP contribution is 2.36. The Morgan fingerprint density at radius 1 is 0.810 bits per heavy atom. The highest BCUT2D eigenvalue weighted by molar-refractivity contribution is 6.12. The first-order chi connectivity index (χ1) is 20.4. The van der Waals surface area contributed by atoms with Crippen molar-refractivity contribution < 1.29 is 23.8 Å². The van der Waals surface area contributed by atoms with E-state index in [1.165, 1.54) is 0 Å². The van der Waals surface area contributed by atoms with Crippen molar-refractivity contribution >= 4 is 34.2 Å². The molecule has 0 atom stereocenters. The van der Waals surface area contributed by atoms with Gasteiger partial charge in [0.05, 0.1) is 5.56 Å². The Morgan fingerprint density at radius 3 is 2.29 bits per heavy atom. The maximum Gasteiger partial charge on any atom is 0.339 e. The molecular weight excluding hydrogens is 530 g/mol. The number of anilines is 1. The molecule has 42 heavy (non-hydrogen) atoms. The van der Waals surface area contributed by atoms with Gasteiger partial charge >= 0.3 is 5.97 Å². The summed E-state index contributed by atoms with van der Waals surface area (Å²) in [7, 11) is 1.54. The van der Waals surface area contributed by atoms with Gasteiger partial charge in [0, 0.05) is 29.3 Å². The van der Waals surface area contributed by atoms with Gasteiger partial charge in [-0.25, -0.2) is 4.79 Å². The zero-order valence-corrected chi connectivity index (χ0v) is 22.9. The van der Waals surface area contributed by atoms with Gasteiger partial charge in [-0.2, -0.15) is 0 Å². The summed E-state index contributed by atoms with van der Waals surface area (Å²) in [5, 5.41) is 12.0. The molecule has 1 amide bonds. The highest BCUT2D eigenvalue weighted by atomic mass is 16.7.